The summed E-state index contributed by atoms with van der Waals surface area (Å²) in [6.07, 6.45) is 10.7. The number of hydrogen-bond donors (Lipinski definition) is 2. The molecule has 2 aromatic rings. The second-order valence-corrected chi connectivity index (χ2v) is 6.10. The lowest BCUT2D eigenvalue weighted by molar-refractivity contribution is 0.0457. The minimum Gasteiger partial charge on any atom is -0.374 e. The molecule has 1 aliphatic carbocycles. The van der Waals surface area contributed by atoms with Crippen molar-refractivity contribution < 1.29 is 9.53 Å². The molecule has 1 fully saturated rings. The zero-order valence-corrected chi connectivity index (χ0v) is 13.8. The predicted octanol–water partition coefficient (Wildman–Crippen LogP) is 3.16. The van der Waals surface area contributed by atoms with Crippen molar-refractivity contribution in [3.63, 3.8) is 0 Å². The van der Waals surface area contributed by atoms with Gasteiger partial charge in [-0.25, -0.2) is 9.78 Å². The minimum absolute atomic E-state index is 0.204. The van der Waals surface area contributed by atoms with Gasteiger partial charge in [-0.15, -0.1) is 0 Å². The first-order valence-electron chi connectivity index (χ1n) is 8.51. The highest BCUT2D eigenvalue weighted by Crippen LogP contribution is 2.22. The Morgan fingerprint density at radius 2 is 2.04 bits per heavy atom. The lowest BCUT2D eigenvalue weighted by atomic mass is 10.2. The van der Waals surface area contributed by atoms with Crippen LogP contribution in [-0.4, -0.2) is 28.2 Å². The van der Waals surface area contributed by atoms with Crippen LogP contribution < -0.4 is 10.6 Å². The highest BCUT2D eigenvalue weighted by Gasteiger charge is 2.15. The van der Waals surface area contributed by atoms with E-state index in [0.29, 0.717) is 25.8 Å². The summed E-state index contributed by atoms with van der Waals surface area (Å²) in [5.74, 6) is 0. The van der Waals surface area contributed by atoms with Gasteiger partial charge in [-0.1, -0.05) is 25.0 Å². The van der Waals surface area contributed by atoms with Crippen LogP contribution in [0.15, 0.2) is 43.0 Å². The Labute approximate surface area is 142 Å². The van der Waals surface area contributed by atoms with Crippen molar-refractivity contribution >= 4 is 11.7 Å². The fraction of sp³-hybridized carbons (Fsp3) is 0.444. The van der Waals surface area contributed by atoms with Crippen LogP contribution in [0.4, 0.5) is 10.5 Å². The lowest BCUT2D eigenvalue weighted by Crippen LogP contribution is -2.31. The highest BCUT2D eigenvalue weighted by atomic mass is 16.5. The molecule has 24 heavy (non-hydrogen) atoms. The van der Waals surface area contributed by atoms with Gasteiger partial charge in [0, 0.05) is 31.2 Å². The molecule has 1 aromatic carbocycles. The molecule has 2 N–H and O–H groups in total. The number of imidazole rings is 1. The zero-order valence-electron chi connectivity index (χ0n) is 13.8. The SMILES string of the molecule is O=C(NCCn1ccnc1)Nc1ccc(COC2CCCC2)cc1. The average Bonchev–Trinajstić information content (AvgIpc) is 3.28. The number of rotatable bonds is 7. The number of carbonyl (C=O) groups excluding carboxylic acids is 1. The van der Waals surface area contributed by atoms with E-state index in [0.717, 1.165) is 11.3 Å². The smallest absolute Gasteiger partial charge is 0.319 e. The number of anilines is 1. The molecule has 1 heterocycles. The molecule has 0 atom stereocenters. The van der Waals surface area contributed by atoms with Gasteiger partial charge < -0.3 is 19.9 Å². The molecule has 1 aliphatic rings. The molecule has 128 valence electrons. The number of ether oxygens (including phenoxy) is 1. The van der Waals surface area contributed by atoms with Gasteiger partial charge in [-0.3, -0.25) is 0 Å². The van der Waals surface area contributed by atoms with Gasteiger partial charge in [0.1, 0.15) is 0 Å². The lowest BCUT2D eigenvalue weighted by Gasteiger charge is -2.12. The number of carbonyl (C=O) groups is 1. The van der Waals surface area contributed by atoms with Crippen LogP contribution >= 0.6 is 0 Å². The average molecular weight is 328 g/mol. The molecule has 0 spiro atoms. The van der Waals surface area contributed by atoms with Crippen LogP contribution in [0.1, 0.15) is 31.2 Å². The molecule has 1 aromatic heterocycles. The molecule has 6 heteroatoms. The first kappa shape index (κ1) is 16.5. The maximum absolute atomic E-state index is 11.9. The number of nitrogens with zero attached hydrogens (tertiary/aromatic N) is 2. The zero-order chi connectivity index (χ0) is 16.6. The third-order valence-electron chi connectivity index (χ3n) is 4.21. The van der Waals surface area contributed by atoms with Gasteiger partial charge in [0.15, 0.2) is 0 Å². The Hall–Kier alpha value is -2.34. The topological polar surface area (TPSA) is 68.2 Å². The van der Waals surface area contributed by atoms with Crippen molar-refractivity contribution in [3.8, 4) is 0 Å². The fourth-order valence-electron chi connectivity index (χ4n) is 2.85. The van der Waals surface area contributed by atoms with Gasteiger partial charge in [0.05, 0.1) is 19.0 Å². The summed E-state index contributed by atoms with van der Waals surface area (Å²) in [6.45, 7) is 1.89. The van der Waals surface area contributed by atoms with E-state index in [1.54, 1.807) is 12.5 Å². The van der Waals surface area contributed by atoms with E-state index < -0.39 is 0 Å². The van der Waals surface area contributed by atoms with Crippen LogP contribution in [0.5, 0.6) is 0 Å². The van der Waals surface area contributed by atoms with Crippen molar-refractivity contribution in [3.05, 3.63) is 48.5 Å². The van der Waals surface area contributed by atoms with Crippen LogP contribution in [0.2, 0.25) is 0 Å². The maximum Gasteiger partial charge on any atom is 0.319 e. The van der Waals surface area contributed by atoms with Gasteiger partial charge in [-0.2, -0.15) is 0 Å². The quantitative estimate of drug-likeness (QED) is 0.820. The van der Waals surface area contributed by atoms with E-state index in [1.807, 2.05) is 35.0 Å². The van der Waals surface area contributed by atoms with Gasteiger partial charge in [-0.05, 0) is 30.5 Å². The summed E-state index contributed by atoms with van der Waals surface area (Å²) >= 11 is 0. The predicted molar refractivity (Wildman–Crippen MR) is 92.7 cm³/mol. The van der Waals surface area contributed by atoms with Crippen LogP contribution in [0, 0.1) is 0 Å². The van der Waals surface area contributed by atoms with Crippen molar-refractivity contribution in [1.82, 2.24) is 14.9 Å². The van der Waals surface area contributed by atoms with E-state index in [2.05, 4.69) is 15.6 Å². The first-order valence-corrected chi connectivity index (χ1v) is 8.51. The molecule has 0 bridgehead atoms. The standard InChI is InChI=1S/C18H24N4O2/c23-18(20-10-12-22-11-9-19-14-22)21-16-7-5-15(6-8-16)13-24-17-3-1-2-4-17/h5-9,11,14,17H,1-4,10,12-13H2,(H2,20,21,23). The Balaban J connectivity index is 1.37. The molecular weight excluding hydrogens is 304 g/mol. The van der Waals surface area contributed by atoms with E-state index in [-0.39, 0.29) is 6.03 Å². The summed E-state index contributed by atoms with van der Waals surface area (Å²) in [4.78, 5) is 15.8. The van der Waals surface area contributed by atoms with E-state index in [9.17, 15) is 4.79 Å². The van der Waals surface area contributed by atoms with Crippen LogP contribution in [0.3, 0.4) is 0 Å². The van der Waals surface area contributed by atoms with Crippen molar-refractivity contribution in [2.45, 2.75) is 44.9 Å². The van der Waals surface area contributed by atoms with Crippen LogP contribution in [0.25, 0.3) is 0 Å². The molecule has 0 aliphatic heterocycles. The Bertz CT molecular complexity index is 619. The largest absolute Gasteiger partial charge is 0.374 e. The summed E-state index contributed by atoms with van der Waals surface area (Å²) in [6, 6.07) is 7.60. The van der Waals surface area contributed by atoms with Gasteiger partial charge in [0.2, 0.25) is 0 Å². The van der Waals surface area contributed by atoms with Gasteiger partial charge in [0.25, 0.3) is 0 Å². The number of hydrogen-bond acceptors (Lipinski definition) is 3. The monoisotopic (exact) mass is 328 g/mol. The number of urea groups is 1. The normalized spacial score (nSPS) is 14.7. The summed E-state index contributed by atoms with van der Waals surface area (Å²) in [5, 5.41) is 5.65. The summed E-state index contributed by atoms with van der Waals surface area (Å²) in [5.41, 5.74) is 1.91. The minimum atomic E-state index is -0.204. The number of aromatic nitrogens is 2. The number of nitrogens with one attached hydrogen (secondary N) is 2. The fourth-order valence-corrected chi connectivity index (χ4v) is 2.85. The molecule has 1 saturated carbocycles. The highest BCUT2D eigenvalue weighted by molar-refractivity contribution is 5.89. The first-order chi connectivity index (χ1) is 11.8. The maximum atomic E-state index is 11.9. The summed E-state index contributed by atoms with van der Waals surface area (Å²) in [7, 11) is 0. The van der Waals surface area contributed by atoms with E-state index >= 15 is 0 Å². The van der Waals surface area contributed by atoms with E-state index in [4.69, 9.17) is 4.74 Å². The molecule has 2 amide bonds. The third kappa shape index (κ3) is 5.09. The van der Waals surface area contributed by atoms with Crippen molar-refractivity contribution in [2.24, 2.45) is 0 Å². The Kier molecular flexibility index (Phi) is 5.85. The number of amides is 2. The second kappa shape index (κ2) is 8.49. The molecule has 0 radical (unpaired) electrons. The van der Waals surface area contributed by atoms with Crippen LogP contribution in [-0.2, 0) is 17.9 Å². The van der Waals surface area contributed by atoms with Gasteiger partial charge >= 0.3 is 6.03 Å². The summed E-state index contributed by atoms with van der Waals surface area (Å²) < 4.78 is 7.81. The number of benzene rings is 1. The van der Waals surface area contributed by atoms with Crippen molar-refractivity contribution in [1.29, 1.82) is 0 Å². The molecule has 0 unspecified atom stereocenters. The van der Waals surface area contributed by atoms with Crippen molar-refractivity contribution in [2.75, 3.05) is 11.9 Å². The molecular formula is C18H24N4O2. The molecule has 3 rings (SSSR count). The third-order valence-corrected chi connectivity index (χ3v) is 4.21. The Morgan fingerprint density at radius 3 is 2.75 bits per heavy atom. The molecule has 0 saturated heterocycles. The Morgan fingerprint density at radius 1 is 1.25 bits per heavy atom. The second-order valence-electron chi connectivity index (χ2n) is 6.10. The van der Waals surface area contributed by atoms with E-state index in [1.165, 1.54) is 25.7 Å². The molecule has 6 nitrogen and oxygen atoms in total.